The van der Waals surface area contributed by atoms with Crippen molar-refractivity contribution in [3.05, 3.63) is 41.1 Å². The number of aliphatic hydroxyl groups excluding tert-OH is 1. The second kappa shape index (κ2) is 8.17. The van der Waals surface area contributed by atoms with Gasteiger partial charge in [-0.3, -0.25) is 0 Å². The normalized spacial score (nSPS) is 10.2. The molecule has 20 heavy (non-hydrogen) atoms. The van der Waals surface area contributed by atoms with Gasteiger partial charge in [-0.1, -0.05) is 11.6 Å². The summed E-state index contributed by atoms with van der Waals surface area (Å²) in [5.74, 6) is 2.21. The molecule has 0 unspecified atom stereocenters. The molecule has 6 heteroatoms. The maximum Gasteiger partial charge on any atom is 0.137 e. The summed E-state index contributed by atoms with van der Waals surface area (Å²) < 4.78 is 10.8. The number of hydrogen-bond acceptors (Lipinski definition) is 4. The van der Waals surface area contributed by atoms with Crippen LogP contribution in [0.2, 0.25) is 5.02 Å². The maximum absolute atomic E-state index is 8.69. The molecular weight excluding hydrogens is 301 g/mol. The minimum absolute atomic E-state index is 0. The Morgan fingerprint density at radius 1 is 1.30 bits per heavy atom. The van der Waals surface area contributed by atoms with Crippen LogP contribution in [0.15, 0.2) is 34.7 Å². The summed E-state index contributed by atoms with van der Waals surface area (Å²) in [7, 11) is 1.58. The molecule has 0 aliphatic rings. The third-order valence-corrected chi connectivity index (χ3v) is 2.98. The van der Waals surface area contributed by atoms with E-state index in [1.807, 2.05) is 30.3 Å². The lowest BCUT2D eigenvalue weighted by Crippen LogP contribution is -3.00. The van der Waals surface area contributed by atoms with Crippen molar-refractivity contribution in [2.75, 3.05) is 20.3 Å². The van der Waals surface area contributed by atoms with Gasteiger partial charge in [-0.15, -0.1) is 0 Å². The molecule has 0 fully saturated rings. The highest BCUT2D eigenvalue weighted by atomic mass is 35.5. The number of aliphatic hydroxyl groups is 1. The number of nitrogens with one attached hydrogen (secondary N) is 1. The molecule has 2 aromatic rings. The van der Waals surface area contributed by atoms with Gasteiger partial charge < -0.3 is 32.0 Å². The average Bonchev–Trinajstić information content (AvgIpc) is 2.88. The molecule has 1 aromatic heterocycles. The Hall–Kier alpha value is -1.20. The van der Waals surface area contributed by atoms with Gasteiger partial charge in [-0.25, -0.2) is 0 Å². The maximum atomic E-state index is 8.69. The number of rotatable bonds is 6. The predicted molar refractivity (Wildman–Crippen MR) is 74.5 cm³/mol. The van der Waals surface area contributed by atoms with Gasteiger partial charge in [0.25, 0.3) is 0 Å². The Morgan fingerprint density at radius 3 is 2.75 bits per heavy atom. The van der Waals surface area contributed by atoms with E-state index in [-0.39, 0.29) is 19.0 Å². The van der Waals surface area contributed by atoms with Crippen LogP contribution in [0.5, 0.6) is 5.75 Å². The standard InChI is InChI=1S/C14H16ClNO3.ClH/c1-18-14-4-2-10(8-12(14)15)13-5-3-11(19-13)9-16-6-7-17;/h2-5,8,16-17H,6-7,9H2,1H3;1H/p-1. The van der Waals surface area contributed by atoms with E-state index in [9.17, 15) is 0 Å². The first kappa shape index (κ1) is 16.9. The summed E-state index contributed by atoms with van der Waals surface area (Å²) in [4.78, 5) is 0. The van der Waals surface area contributed by atoms with Crippen LogP contribution in [0.4, 0.5) is 0 Å². The van der Waals surface area contributed by atoms with Crippen LogP contribution in [0.1, 0.15) is 5.76 Å². The Labute approximate surface area is 129 Å². The summed E-state index contributed by atoms with van der Waals surface area (Å²) in [5.41, 5.74) is 0.902. The second-order valence-corrected chi connectivity index (χ2v) is 4.42. The molecule has 0 saturated heterocycles. The predicted octanol–water partition coefficient (Wildman–Crippen LogP) is -0.306. The molecule has 0 amide bonds. The van der Waals surface area contributed by atoms with E-state index in [0.717, 1.165) is 17.1 Å². The van der Waals surface area contributed by atoms with Crippen molar-refractivity contribution in [2.45, 2.75) is 6.54 Å². The fourth-order valence-electron chi connectivity index (χ4n) is 1.74. The fraction of sp³-hybridized carbons (Fsp3) is 0.286. The van der Waals surface area contributed by atoms with Gasteiger partial charge in [0.05, 0.1) is 25.3 Å². The zero-order valence-corrected chi connectivity index (χ0v) is 12.5. The molecule has 0 aliphatic carbocycles. The lowest BCUT2D eigenvalue weighted by Gasteiger charge is -2.04. The molecule has 0 saturated carbocycles. The van der Waals surface area contributed by atoms with Gasteiger partial charge >= 0.3 is 0 Å². The molecule has 4 nitrogen and oxygen atoms in total. The van der Waals surface area contributed by atoms with Crippen molar-refractivity contribution >= 4 is 11.6 Å². The van der Waals surface area contributed by atoms with Crippen LogP contribution in [0, 0.1) is 0 Å². The van der Waals surface area contributed by atoms with Crippen molar-refractivity contribution in [2.24, 2.45) is 0 Å². The van der Waals surface area contributed by atoms with Crippen LogP contribution < -0.4 is 22.5 Å². The van der Waals surface area contributed by atoms with E-state index in [0.29, 0.717) is 23.9 Å². The second-order valence-electron chi connectivity index (χ2n) is 4.02. The summed E-state index contributed by atoms with van der Waals surface area (Å²) in [5, 5.41) is 12.3. The first-order chi connectivity index (χ1) is 9.24. The Balaban J connectivity index is 0.00000200. The molecule has 110 valence electrons. The minimum atomic E-state index is 0. The molecule has 0 aliphatic heterocycles. The third kappa shape index (κ3) is 4.15. The SMILES string of the molecule is COc1ccc(-c2ccc(CNCCO)o2)cc1Cl.[Cl-]. The molecular formula is C14H16Cl2NO3-. The Bertz CT molecular complexity index is 543. The lowest BCUT2D eigenvalue weighted by atomic mass is 10.2. The van der Waals surface area contributed by atoms with Gasteiger partial charge in [0.2, 0.25) is 0 Å². The molecule has 0 atom stereocenters. The van der Waals surface area contributed by atoms with E-state index in [1.165, 1.54) is 0 Å². The lowest BCUT2D eigenvalue weighted by molar-refractivity contribution is -0.00000574. The first-order valence-corrected chi connectivity index (χ1v) is 6.36. The molecule has 1 aromatic carbocycles. The highest BCUT2D eigenvalue weighted by molar-refractivity contribution is 6.32. The molecule has 2 N–H and O–H groups in total. The molecule has 1 heterocycles. The van der Waals surface area contributed by atoms with Crippen LogP contribution >= 0.6 is 11.6 Å². The first-order valence-electron chi connectivity index (χ1n) is 5.99. The highest BCUT2D eigenvalue weighted by Crippen LogP contribution is 2.30. The average molecular weight is 317 g/mol. The van der Waals surface area contributed by atoms with Crippen molar-refractivity contribution < 1.29 is 26.7 Å². The minimum Gasteiger partial charge on any atom is -1.00 e. The molecule has 0 radical (unpaired) electrons. The number of methoxy groups -OCH3 is 1. The number of benzene rings is 1. The number of ether oxygens (including phenoxy) is 1. The van der Waals surface area contributed by atoms with Crippen LogP contribution in [-0.4, -0.2) is 25.4 Å². The van der Waals surface area contributed by atoms with Crippen molar-refractivity contribution in [3.63, 3.8) is 0 Å². The van der Waals surface area contributed by atoms with Gasteiger partial charge in [-0.05, 0) is 30.3 Å². The number of furan rings is 1. The fourth-order valence-corrected chi connectivity index (χ4v) is 2.00. The highest BCUT2D eigenvalue weighted by Gasteiger charge is 2.07. The molecule has 2 rings (SSSR count). The Morgan fingerprint density at radius 2 is 2.10 bits per heavy atom. The van der Waals surface area contributed by atoms with Crippen molar-refractivity contribution in [1.29, 1.82) is 0 Å². The smallest absolute Gasteiger partial charge is 0.137 e. The van der Waals surface area contributed by atoms with E-state index in [1.54, 1.807) is 7.11 Å². The monoisotopic (exact) mass is 316 g/mol. The van der Waals surface area contributed by atoms with Gasteiger partial charge in [0.1, 0.15) is 17.3 Å². The summed E-state index contributed by atoms with van der Waals surface area (Å²) >= 11 is 6.08. The van der Waals surface area contributed by atoms with Crippen LogP contribution in [0.25, 0.3) is 11.3 Å². The quantitative estimate of drug-likeness (QED) is 0.718. The van der Waals surface area contributed by atoms with E-state index >= 15 is 0 Å². The van der Waals surface area contributed by atoms with Gasteiger partial charge in [0.15, 0.2) is 0 Å². The van der Waals surface area contributed by atoms with Crippen molar-refractivity contribution in [3.8, 4) is 17.1 Å². The summed E-state index contributed by atoms with van der Waals surface area (Å²) in [6.45, 7) is 1.25. The van der Waals surface area contributed by atoms with Crippen LogP contribution in [-0.2, 0) is 6.54 Å². The largest absolute Gasteiger partial charge is 1.00 e. The number of hydrogen-bond donors (Lipinski definition) is 2. The molecule has 0 bridgehead atoms. The van der Waals surface area contributed by atoms with E-state index in [4.69, 9.17) is 25.9 Å². The topological polar surface area (TPSA) is 54.6 Å². The number of halogens is 2. The summed E-state index contributed by atoms with van der Waals surface area (Å²) in [6.07, 6.45) is 0. The van der Waals surface area contributed by atoms with Crippen LogP contribution in [0.3, 0.4) is 0 Å². The van der Waals surface area contributed by atoms with E-state index in [2.05, 4.69) is 5.32 Å². The van der Waals surface area contributed by atoms with Gasteiger partial charge in [0, 0.05) is 12.1 Å². The molecule has 0 spiro atoms. The van der Waals surface area contributed by atoms with Crippen molar-refractivity contribution in [1.82, 2.24) is 5.32 Å². The van der Waals surface area contributed by atoms with E-state index < -0.39 is 0 Å². The third-order valence-electron chi connectivity index (χ3n) is 2.69. The Kier molecular flexibility index (Phi) is 6.88. The zero-order valence-electron chi connectivity index (χ0n) is 11.0. The van der Waals surface area contributed by atoms with Gasteiger partial charge in [-0.2, -0.15) is 0 Å². The zero-order chi connectivity index (χ0) is 13.7. The summed E-state index contributed by atoms with van der Waals surface area (Å²) in [6, 6.07) is 9.31.